The van der Waals surface area contributed by atoms with Crippen LogP contribution in [-0.4, -0.2) is 42.8 Å². The average molecular weight is 296 g/mol. The maximum absolute atomic E-state index is 6.26. The van der Waals surface area contributed by atoms with Crippen LogP contribution in [0.3, 0.4) is 0 Å². The molecule has 124 valence electrons. The lowest BCUT2D eigenvalue weighted by molar-refractivity contribution is -0.0853. The third-order valence-corrected chi connectivity index (χ3v) is 6.58. The number of hydrogen-bond acceptors (Lipinski definition) is 3. The highest BCUT2D eigenvalue weighted by Crippen LogP contribution is 2.45. The Morgan fingerprint density at radius 1 is 1.24 bits per heavy atom. The van der Waals surface area contributed by atoms with E-state index in [0.717, 1.165) is 38.6 Å². The van der Waals surface area contributed by atoms with Crippen molar-refractivity contribution in [1.29, 1.82) is 0 Å². The first-order valence-corrected chi connectivity index (χ1v) is 9.04. The minimum Gasteiger partial charge on any atom is -0.376 e. The molecule has 1 heterocycles. The molecule has 2 fully saturated rings. The Bertz CT molecular complexity index is 321. The van der Waals surface area contributed by atoms with E-state index < -0.39 is 0 Å². The van der Waals surface area contributed by atoms with Crippen LogP contribution in [0.25, 0.3) is 0 Å². The molecule has 1 saturated carbocycles. The monoisotopic (exact) mass is 296 g/mol. The largest absolute Gasteiger partial charge is 0.376 e. The average Bonchev–Trinajstić information content (AvgIpc) is 2.55. The molecule has 0 aromatic heterocycles. The van der Waals surface area contributed by atoms with Crippen LogP contribution in [0.15, 0.2) is 0 Å². The second kappa shape index (κ2) is 6.97. The maximum atomic E-state index is 6.26. The molecule has 21 heavy (non-hydrogen) atoms. The van der Waals surface area contributed by atoms with Gasteiger partial charge < -0.3 is 10.5 Å². The lowest BCUT2D eigenvalue weighted by Gasteiger charge is -2.52. The summed E-state index contributed by atoms with van der Waals surface area (Å²) in [6.45, 7) is 13.3. The lowest BCUT2D eigenvalue weighted by atomic mass is 9.65. The zero-order chi connectivity index (χ0) is 15.5. The van der Waals surface area contributed by atoms with Crippen molar-refractivity contribution in [3.8, 4) is 0 Å². The molecule has 1 aliphatic heterocycles. The number of rotatable bonds is 5. The third-order valence-electron chi connectivity index (χ3n) is 6.58. The van der Waals surface area contributed by atoms with Crippen LogP contribution >= 0.6 is 0 Å². The Labute approximate surface area is 131 Å². The molecule has 0 aromatic rings. The fraction of sp³-hybridized carbons (Fsp3) is 1.00. The van der Waals surface area contributed by atoms with Crippen molar-refractivity contribution in [2.45, 2.75) is 77.9 Å². The standard InChI is InChI=1S/C18H36N2O/c1-5-16-13-20(11-12-21-16)18(14-19)9-7-15(8-10-18)17(3,4)6-2/h15-16H,5-14,19H2,1-4H3. The molecule has 0 spiro atoms. The topological polar surface area (TPSA) is 38.5 Å². The minimum atomic E-state index is 0.248. The van der Waals surface area contributed by atoms with E-state index in [1.165, 1.54) is 32.1 Å². The summed E-state index contributed by atoms with van der Waals surface area (Å²) in [5.74, 6) is 0.866. The zero-order valence-electron chi connectivity index (χ0n) is 14.7. The molecule has 0 amide bonds. The summed E-state index contributed by atoms with van der Waals surface area (Å²) < 4.78 is 5.85. The molecule has 3 heteroatoms. The molecule has 0 aromatic carbocycles. The summed E-state index contributed by atoms with van der Waals surface area (Å²) in [5.41, 5.74) is 6.99. The van der Waals surface area contributed by atoms with E-state index in [9.17, 15) is 0 Å². The van der Waals surface area contributed by atoms with Crippen molar-refractivity contribution in [3.63, 3.8) is 0 Å². The second-order valence-electron chi connectivity index (χ2n) is 7.89. The van der Waals surface area contributed by atoms with Gasteiger partial charge >= 0.3 is 0 Å². The van der Waals surface area contributed by atoms with Crippen LogP contribution in [0, 0.1) is 11.3 Å². The smallest absolute Gasteiger partial charge is 0.0700 e. The summed E-state index contributed by atoms with van der Waals surface area (Å²) in [6, 6.07) is 0. The summed E-state index contributed by atoms with van der Waals surface area (Å²) in [5, 5.41) is 0. The van der Waals surface area contributed by atoms with Gasteiger partial charge in [0.25, 0.3) is 0 Å². The Balaban J connectivity index is 2.01. The van der Waals surface area contributed by atoms with Crippen LogP contribution in [0.4, 0.5) is 0 Å². The van der Waals surface area contributed by atoms with Crippen molar-refractivity contribution in [2.75, 3.05) is 26.2 Å². The molecule has 1 aliphatic carbocycles. The predicted octanol–water partition coefficient (Wildman–Crippen LogP) is 3.42. The quantitative estimate of drug-likeness (QED) is 0.845. The van der Waals surface area contributed by atoms with E-state index in [0.29, 0.717) is 11.5 Å². The first-order valence-electron chi connectivity index (χ1n) is 9.04. The summed E-state index contributed by atoms with van der Waals surface area (Å²) in [7, 11) is 0. The van der Waals surface area contributed by atoms with Crippen LogP contribution < -0.4 is 5.73 Å². The molecule has 0 radical (unpaired) electrons. The number of nitrogens with two attached hydrogens (primary N) is 1. The molecule has 1 saturated heterocycles. The van der Waals surface area contributed by atoms with E-state index in [1.807, 2.05) is 0 Å². The Hall–Kier alpha value is -0.120. The molecule has 0 bridgehead atoms. The normalized spacial score (nSPS) is 35.9. The van der Waals surface area contributed by atoms with Gasteiger partial charge in [0.15, 0.2) is 0 Å². The van der Waals surface area contributed by atoms with Crippen molar-refractivity contribution in [3.05, 3.63) is 0 Å². The van der Waals surface area contributed by atoms with E-state index >= 15 is 0 Å². The molecule has 2 aliphatic rings. The van der Waals surface area contributed by atoms with Gasteiger partial charge in [-0.2, -0.15) is 0 Å². The summed E-state index contributed by atoms with van der Waals surface area (Å²) in [4.78, 5) is 2.67. The van der Waals surface area contributed by atoms with E-state index in [-0.39, 0.29) is 5.54 Å². The molecule has 1 unspecified atom stereocenters. The van der Waals surface area contributed by atoms with Crippen LogP contribution in [0.1, 0.15) is 66.2 Å². The molecule has 2 N–H and O–H groups in total. The van der Waals surface area contributed by atoms with Gasteiger partial charge in [-0.15, -0.1) is 0 Å². The highest BCUT2D eigenvalue weighted by molar-refractivity contribution is 4.99. The third kappa shape index (κ3) is 3.62. The number of hydrogen-bond donors (Lipinski definition) is 1. The first-order chi connectivity index (χ1) is 9.97. The van der Waals surface area contributed by atoms with Crippen LogP contribution in [-0.2, 0) is 4.74 Å². The van der Waals surface area contributed by atoms with Crippen LogP contribution in [0.5, 0.6) is 0 Å². The molecular formula is C18H36N2O. The number of morpholine rings is 1. The van der Waals surface area contributed by atoms with Crippen molar-refractivity contribution >= 4 is 0 Å². The molecular weight excluding hydrogens is 260 g/mol. The summed E-state index contributed by atoms with van der Waals surface area (Å²) >= 11 is 0. The first kappa shape index (κ1) is 17.2. The van der Waals surface area contributed by atoms with Crippen molar-refractivity contribution in [1.82, 2.24) is 4.90 Å². The van der Waals surface area contributed by atoms with Gasteiger partial charge in [-0.25, -0.2) is 0 Å². The Morgan fingerprint density at radius 3 is 2.43 bits per heavy atom. The minimum absolute atomic E-state index is 0.248. The zero-order valence-corrected chi connectivity index (χ0v) is 14.7. The lowest BCUT2D eigenvalue weighted by Crippen LogP contribution is -2.60. The van der Waals surface area contributed by atoms with E-state index in [4.69, 9.17) is 10.5 Å². The van der Waals surface area contributed by atoms with Gasteiger partial charge in [0, 0.05) is 25.2 Å². The van der Waals surface area contributed by atoms with Crippen LogP contribution in [0.2, 0.25) is 0 Å². The summed E-state index contributed by atoms with van der Waals surface area (Å²) in [6.07, 6.45) is 8.03. The SMILES string of the molecule is CCC1CN(C2(CN)CCC(C(C)(C)CC)CC2)CCO1. The number of nitrogens with zero attached hydrogens (tertiary/aromatic N) is 1. The van der Waals surface area contributed by atoms with Gasteiger partial charge in [-0.05, 0) is 43.4 Å². The highest BCUT2D eigenvalue weighted by Gasteiger charge is 2.43. The Morgan fingerprint density at radius 2 is 1.90 bits per heavy atom. The molecule has 3 nitrogen and oxygen atoms in total. The fourth-order valence-corrected chi connectivity index (χ4v) is 4.27. The highest BCUT2D eigenvalue weighted by atomic mass is 16.5. The molecule has 2 rings (SSSR count). The van der Waals surface area contributed by atoms with Gasteiger partial charge in [-0.3, -0.25) is 4.90 Å². The van der Waals surface area contributed by atoms with E-state index in [2.05, 4.69) is 32.6 Å². The fourth-order valence-electron chi connectivity index (χ4n) is 4.27. The van der Waals surface area contributed by atoms with Crippen molar-refractivity contribution in [2.24, 2.45) is 17.1 Å². The predicted molar refractivity (Wildman–Crippen MR) is 89.4 cm³/mol. The van der Waals surface area contributed by atoms with Gasteiger partial charge in [-0.1, -0.05) is 34.1 Å². The van der Waals surface area contributed by atoms with Gasteiger partial charge in [0.2, 0.25) is 0 Å². The van der Waals surface area contributed by atoms with Gasteiger partial charge in [0.05, 0.1) is 12.7 Å². The Kier molecular flexibility index (Phi) is 5.72. The van der Waals surface area contributed by atoms with Crippen molar-refractivity contribution < 1.29 is 4.74 Å². The van der Waals surface area contributed by atoms with Gasteiger partial charge in [0.1, 0.15) is 0 Å². The molecule has 1 atom stereocenters. The second-order valence-corrected chi connectivity index (χ2v) is 7.89. The van der Waals surface area contributed by atoms with E-state index in [1.54, 1.807) is 0 Å². The maximum Gasteiger partial charge on any atom is 0.0700 e. The number of ether oxygens (including phenoxy) is 1.